The molecule has 1 atom stereocenters. The number of hydrogen-bond donors (Lipinski definition) is 1. The zero-order valence-corrected chi connectivity index (χ0v) is 13.4. The molecule has 1 amide bonds. The number of alkyl halides is 1. The van der Waals surface area contributed by atoms with Crippen molar-refractivity contribution in [3.8, 4) is 0 Å². The van der Waals surface area contributed by atoms with Gasteiger partial charge in [-0.2, -0.15) is 0 Å². The zero-order chi connectivity index (χ0) is 14.5. The lowest BCUT2D eigenvalue weighted by Crippen LogP contribution is -2.26. The molecule has 0 saturated carbocycles. The van der Waals surface area contributed by atoms with E-state index in [-0.39, 0.29) is 11.9 Å². The van der Waals surface area contributed by atoms with Crippen LogP contribution in [0.15, 0.2) is 48.5 Å². The van der Waals surface area contributed by atoms with Crippen molar-refractivity contribution in [1.29, 1.82) is 0 Å². The third-order valence-electron chi connectivity index (χ3n) is 3.09. The van der Waals surface area contributed by atoms with Crippen LogP contribution in [0.25, 0.3) is 0 Å². The molecule has 0 spiro atoms. The number of amides is 1. The van der Waals surface area contributed by atoms with Crippen LogP contribution < -0.4 is 5.32 Å². The highest BCUT2D eigenvalue weighted by atomic mass is 79.9. The Morgan fingerprint density at radius 1 is 1.15 bits per heavy atom. The fourth-order valence-electron chi connectivity index (χ4n) is 1.86. The SMILES string of the molecule is CC(NC(=O)c1ccc(CBr)cc1)c1ccc(Cl)cc1. The van der Waals surface area contributed by atoms with Crippen LogP contribution in [0, 0.1) is 0 Å². The van der Waals surface area contributed by atoms with Gasteiger partial charge in [0.1, 0.15) is 0 Å². The second-order valence-corrected chi connectivity index (χ2v) is 5.57. The Morgan fingerprint density at radius 3 is 2.30 bits per heavy atom. The molecule has 0 aliphatic heterocycles. The number of carbonyl (C=O) groups excluding carboxylic acids is 1. The topological polar surface area (TPSA) is 29.1 Å². The lowest BCUT2D eigenvalue weighted by Gasteiger charge is -2.14. The van der Waals surface area contributed by atoms with Gasteiger partial charge in [-0.3, -0.25) is 4.79 Å². The molecule has 1 N–H and O–H groups in total. The van der Waals surface area contributed by atoms with Gasteiger partial charge in [0.05, 0.1) is 6.04 Å². The molecule has 0 saturated heterocycles. The van der Waals surface area contributed by atoms with Crippen molar-refractivity contribution in [2.45, 2.75) is 18.3 Å². The third kappa shape index (κ3) is 3.84. The minimum atomic E-state index is -0.0754. The Balaban J connectivity index is 2.04. The summed E-state index contributed by atoms with van der Waals surface area (Å²) in [4.78, 5) is 12.1. The van der Waals surface area contributed by atoms with Gasteiger partial charge in [0, 0.05) is 15.9 Å². The number of nitrogens with one attached hydrogen (secondary N) is 1. The van der Waals surface area contributed by atoms with Crippen LogP contribution in [-0.4, -0.2) is 5.91 Å². The van der Waals surface area contributed by atoms with Gasteiger partial charge in [-0.25, -0.2) is 0 Å². The van der Waals surface area contributed by atoms with Gasteiger partial charge in [-0.05, 0) is 42.3 Å². The summed E-state index contributed by atoms with van der Waals surface area (Å²) in [6.07, 6.45) is 0. The molecule has 2 aromatic carbocycles. The molecule has 0 bridgehead atoms. The van der Waals surface area contributed by atoms with Gasteiger partial charge >= 0.3 is 0 Å². The number of halogens is 2. The Bertz CT molecular complexity index is 580. The van der Waals surface area contributed by atoms with Crippen LogP contribution >= 0.6 is 27.5 Å². The van der Waals surface area contributed by atoms with E-state index < -0.39 is 0 Å². The van der Waals surface area contributed by atoms with E-state index in [0.717, 1.165) is 16.5 Å². The van der Waals surface area contributed by atoms with Gasteiger partial charge in [0.15, 0.2) is 0 Å². The van der Waals surface area contributed by atoms with Crippen LogP contribution in [0.1, 0.15) is 34.5 Å². The summed E-state index contributed by atoms with van der Waals surface area (Å²) < 4.78 is 0. The van der Waals surface area contributed by atoms with Gasteiger partial charge in [-0.1, -0.05) is 51.8 Å². The van der Waals surface area contributed by atoms with Crippen molar-refractivity contribution < 1.29 is 4.79 Å². The minimum Gasteiger partial charge on any atom is -0.346 e. The quantitative estimate of drug-likeness (QED) is 0.792. The van der Waals surface area contributed by atoms with Crippen LogP contribution in [0.3, 0.4) is 0 Å². The molecule has 0 aliphatic carbocycles. The molecular formula is C16H15BrClNO. The number of carbonyl (C=O) groups is 1. The molecule has 2 rings (SSSR count). The first-order chi connectivity index (χ1) is 9.60. The molecular weight excluding hydrogens is 338 g/mol. The average molecular weight is 353 g/mol. The highest BCUT2D eigenvalue weighted by Gasteiger charge is 2.11. The molecule has 0 fully saturated rings. The Hall–Kier alpha value is -1.32. The second-order valence-electron chi connectivity index (χ2n) is 4.58. The molecule has 0 radical (unpaired) electrons. The van der Waals surface area contributed by atoms with Crippen LogP contribution in [-0.2, 0) is 5.33 Å². The number of rotatable bonds is 4. The Kier molecular flexibility index (Phi) is 5.21. The fraction of sp³-hybridized carbons (Fsp3) is 0.188. The van der Waals surface area contributed by atoms with E-state index in [4.69, 9.17) is 11.6 Å². The summed E-state index contributed by atoms with van der Waals surface area (Å²) in [5.41, 5.74) is 2.84. The van der Waals surface area contributed by atoms with Crippen LogP contribution in [0.5, 0.6) is 0 Å². The second kappa shape index (κ2) is 6.91. The first-order valence-corrected chi connectivity index (χ1v) is 7.81. The third-order valence-corrected chi connectivity index (χ3v) is 3.99. The van der Waals surface area contributed by atoms with Crippen molar-refractivity contribution in [2.24, 2.45) is 0 Å². The normalized spacial score (nSPS) is 11.9. The van der Waals surface area contributed by atoms with E-state index in [2.05, 4.69) is 21.2 Å². The van der Waals surface area contributed by atoms with E-state index in [9.17, 15) is 4.79 Å². The van der Waals surface area contributed by atoms with Crippen molar-refractivity contribution in [3.05, 3.63) is 70.2 Å². The minimum absolute atomic E-state index is 0.0596. The van der Waals surface area contributed by atoms with E-state index in [1.165, 1.54) is 0 Å². The van der Waals surface area contributed by atoms with Crippen molar-refractivity contribution >= 4 is 33.4 Å². The van der Waals surface area contributed by atoms with Crippen LogP contribution in [0.4, 0.5) is 0 Å². The predicted molar refractivity (Wildman–Crippen MR) is 86.4 cm³/mol. The molecule has 0 heterocycles. The standard InChI is InChI=1S/C16H15BrClNO/c1-11(13-6-8-15(18)9-7-13)19-16(20)14-4-2-12(10-17)3-5-14/h2-9,11H,10H2,1H3,(H,19,20). The molecule has 20 heavy (non-hydrogen) atoms. The largest absolute Gasteiger partial charge is 0.346 e. The van der Waals surface area contributed by atoms with Gasteiger partial charge in [0.25, 0.3) is 5.91 Å². The van der Waals surface area contributed by atoms with E-state index in [1.54, 1.807) is 0 Å². The van der Waals surface area contributed by atoms with Crippen molar-refractivity contribution in [1.82, 2.24) is 5.32 Å². The maximum absolute atomic E-state index is 12.1. The average Bonchev–Trinajstić information content (AvgIpc) is 2.48. The molecule has 104 valence electrons. The zero-order valence-electron chi connectivity index (χ0n) is 11.1. The van der Waals surface area contributed by atoms with Crippen molar-refractivity contribution in [3.63, 3.8) is 0 Å². The Morgan fingerprint density at radius 2 is 1.75 bits per heavy atom. The summed E-state index contributed by atoms with van der Waals surface area (Å²) in [6, 6.07) is 15.0. The molecule has 4 heteroatoms. The first-order valence-electron chi connectivity index (χ1n) is 6.31. The van der Waals surface area contributed by atoms with E-state index in [1.807, 2.05) is 55.5 Å². The molecule has 1 unspecified atom stereocenters. The van der Waals surface area contributed by atoms with Crippen LogP contribution in [0.2, 0.25) is 5.02 Å². The molecule has 0 aliphatic rings. The Labute approximate surface area is 132 Å². The summed E-state index contributed by atoms with van der Waals surface area (Å²) in [6.45, 7) is 1.95. The maximum Gasteiger partial charge on any atom is 0.251 e. The predicted octanol–water partition coefficient (Wildman–Crippen LogP) is 4.73. The number of hydrogen-bond acceptors (Lipinski definition) is 1. The summed E-state index contributed by atoms with van der Waals surface area (Å²) in [7, 11) is 0. The molecule has 2 aromatic rings. The fourth-order valence-corrected chi connectivity index (χ4v) is 2.36. The molecule has 2 nitrogen and oxygen atoms in total. The summed E-state index contributed by atoms with van der Waals surface area (Å²) >= 11 is 9.24. The molecule has 0 aromatic heterocycles. The van der Waals surface area contributed by atoms with E-state index in [0.29, 0.717) is 10.6 Å². The maximum atomic E-state index is 12.1. The lowest BCUT2D eigenvalue weighted by atomic mass is 10.1. The number of benzene rings is 2. The smallest absolute Gasteiger partial charge is 0.251 e. The van der Waals surface area contributed by atoms with Crippen molar-refractivity contribution in [2.75, 3.05) is 0 Å². The lowest BCUT2D eigenvalue weighted by molar-refractivity contribution is 0.0940. The van der Waals surface area contributed by atoms with Gasteiger partial charge in [-0.15, -0.1) is 0 Å². The highest BCUT2D eigenvalue weighted by molar-refractivity contribution is 9.08. The van der Waals surface area contributed by atoms with Gasteiger partial charge < -0.3 is 5.32 Å². The summed E-state index contributed by atoms with van der Waals surface area (Å²) in [5, 5.41) is 4.46. The summed E-state index contributed by atoms with van der Waals surface area (Å²) in [5.74, 6) is -0.0754. The highest BCUT2D eigenvalue weighted by Crippen LogP contribution is 2.17. The monoisotopic (exact) mass is 351 g/mol. The van der Waals surface area contributed by atoms with Gasteiger partial charge in [0.2, 0.25) is 0 Å². The van der Waals surface area contributed by atoms with E-state index >= 15 is 0 Å². The first kappa shape index (κ1) is 15.1.